The number of para-hydroxylation sites is 1. The Morgan fingerprint density at radius 2 is 2.19 bits per heavy atom. The molecule has 1 aromatic carbocycles. The number of anilines is 1. The average Bonchev–Trinajstić information content (AvgIpc) is 3.04. The Balaban J connectivity index is 1.74. The number of guanidine groups is 1. The maximum absolute atomic E-state index is 4.47. The van der Waals surface area contributed by atoms with E-state index in [0.29, 0.717) is 0 Å². The summed E-state index contributed by atoms with van der Waals surface area (Å²) in [5.41, 5.74) is 3.77. The van der Waals surface area contributed by atoms with Crippen molar-refractivity contribution in [1.29, 1.82) is 0 Å². The largest absolute Gasteiger partial charge is 0.351 e. The van der Waals surface area contributed by atoms with Gasteiger partial charge in [0.15, 0.2) is 5.96 Å². The minimum absolute atomic E-state index is 0.780. The van der Waals surface area contributed by atoms with Crippen molar-refractivity contribution < 1.29 is 0 Å². The number of hydrogen-bond acceptors (Lipinski definition) is 3. The van der Waals surface area contributed by atoms with Crippen molar-refractivity contribution in [1.82, 2.24) is 10.3 Å². The topological polar surface area (TPSA) is 40.5 Å². The zero-order chi connectivity index (χ0) is 14.8. The summed E-state index contributed by atoms with van der Waals surface area (Å²) in [7, 11) is 1.84. The predicted octanol–water partition coefficient (Wildman–Crippen LogP) is 2.90. The third kappa shape index (κ3) is 2.78. The molecule has 1 N–H and O–H groups in total. The van der Waals surface area contributed by atoms with Crippen LogP contribution in [0.25, 0.3) is 0 Å². The standard InChI is InChI=1S/C16H20N4S/c1-11-15(21-12(2)19-11)10-18-16(17-3)20-9-8-13-6-4-5-7-14(13)20/h4-7H,8-10H2,1-3H3,(H,17,18). The number of nitrogens with one attached hydrogen (secondary N) is 1. The van der Waals surface area contributed by atoms with Crippen LogP contribution in [0.15, 0.2) is 29.3 Å². The number of aliphatic imine (C=N–C) groups is 1. The van der Waals surface area contributed by atoms with Crippen LogP contribution in [-0.4, -0.2) is 24.5 Å². The van der Waals surface area contributed by atoms with Crippen LogP contribution >= 0.6 is 11.3 Å². The van der Waals surface area contributed by atoms with E-state index in [-0.39, 0.29) is 0 Å². The molecule has 0 saturated heterocycles. The van der Waals surface area contributed by atoms with E-state index in [4.69, 9.17) is 0 Å². The van der Waals surface area contributed by atoms with Gasteiger partial charge in [0.05, 0.1) is 17.2 Å². The molecule has 1 aliphatic heterocycles. The highest BCUT2D eigenvalue weighted by Gasteiger charge is 2.22. The second-order valence-electron chi connectivity index (χ2n) is 5.17. The van der Waals surface area contributed by atoms with Crippen LogP contribution in [0.1, 0.15) is 21.1 Å². The molecule has 0 amide bonds. The summed E-state index contributed by atoms with van der Waals surface area (Å²) >= 11 is 1.75. The molecular formula is C16H20N4S. The SMILES string of the molecule is CN=C(NCc1sc(C)nc1C)N1CCc2ccccc21. The van der Waals surface area contributed by atoms with E-state index in [1.165, 1.54) is 16.1 Å². The van der Waals surface area contributed by atoms with Crippen LogP contribution in [0.4, 0.5) is 5.69 Å². The Kier molecular flexibility index (Phi) is 3.92. The van der Waals surface area contributed by atoms with E-state index in [2.05, 4.69) is 51.4 Å². The first-order chi connectivity index (χ1) is 10.2. The normalized spacial score (nSPS) is 14.4. The van der Waals surface area contributed by atoms with Gasteiger partial charge >= 0.3 is 0 Å². The fraction of sp³-hybridized carbons (Fsp3) is 0.375. The van der Waals surface area contributed by atoms with E-state index in [9.17, 15) is 0 Å². The number of hydrogen-bond donors (Lipinski definition) is 1. The Morgan fingerprint density at radius 1 is 1.38 bits per heavy atom. The first kappa shape index (κ1) is 14.1. The Hall–Kier alpha value is -1.88. The smallest absolute Gasteiger partial charge is 0.198 e. The summed E-state index contributed by atoms with van der Waals surface area (Å²) in [6.07, 6.45) is 1.08. The van der Waals surface area contributed by atoms with Crippen molar-refractivity contribution in [3.8, 4) is 0 Å². The zero-order valence-corrected chi connectivity index (χ0v) is 13.5. The molecule has 0 unspecified atom stereocenters. The summed E-state index contributed by atoms with van der Waals surface area (Å²) in [4.78, 5) is 12.5. The van der Waals surface area contributed by atoms with Crippen molar-refractivity contribution in [3.63, 3.8) is 0 Å². The van der Waals surface area contributed by atoms with Gasteiger partial charge in [0.2, 0.25) is 0 Å². The number of aromatic nitrogens is 1. The van der Waals surface area contributed by atoms with Crippen molar-refractivity contribution in [2.24, 2.45) is 4.99 Å². The fourth-order valence-electron chi connectivity index (χ4n) is 2.75. The molecule has 4 nitrogen and oxygen atoms in total. The summed E-state index contributed by atoms with van der Waals surface area (Å²) < 4.78 is 0. The van der Waals surface area contributed by atoms with E-state index in [0.717, 1.165) is 36.2 Å². The molecule has 5 heteroatoms. The molecule has 0 saturated carbocycles. The minimum atomic E-state index is 0.780. The Labute approximate surface area is 129 Å². The molecule has 2 aromatic rings. The van der Waals surface area contributed by atoms with Crippen LogP contribution in [-0.2, 0) is 13.0 Å². The highest BCUT2D eigenvalue weighted by atomic mass is 32.1. The summed E-state index contributed by atoms with van der Waals surface area (Å²) in [6, 6.07) is 8.54. The fourth-order valence-corrected chi connectivity index (χ4v) is 3.63. The average molecular weight is 300 g/mol. The van der Waals surface area contributed by atoms with E-state index in [1.807, 2.05) is 14.0 Å². The maximum atomic E-state index is 4.47. The van der Waals surface area contributed by atoms with Gasteiger partial charge < -0.3 is 10.2 Å². The van der Waals surface area contributed by atoms with Crippen molar-refractivity contribution >= 4 is 23.0 Å². The van der Waals surface area contributed by atoms with Gasteiger partial charge in [-0.15, -0.1) is 11.3 Å². The number of nitrogens with zero attached hydrogens (tertiary/aromatic N) is 3. The third-order valence-corrected chi connectivity index (χ3v) is 4.83. The van der Waals surface area contributed by atoms with Crippen molar-refractivity contribution in [2.75, 3.05) is 18.5 Å². The van der Waals surface area contributed by atoms with Gasteiger partial charge in [0.25, 0.3) is 0 Å². The van der Waals surface area contributed by atoms with E-state index in [1.54, 1.807) is 11.3 Å². The molecule has 0 bridgehead atoms. The monoisotopic (exact) mass is 300 g/mol. The van der Waals surface area contributed by atoms with Gasteiger partial charge in [0, 0.05) is 24.2 Å². The number of aryl methyl sites for hydroxylation is 2. The molecule has 0 atom stereocenters. The quantitative estimate of drug-likeness (QED) is 0.685. The Bertz CT molecular complexity index is 675. The molecule has 0 spiro atoms. The van der Waals surface area contributed by atoms with Crippen molar-refractivity contribution in [2.45, 2.75) is 26.8 Å². The van der Waals surface area contributed by atoms with Crippen molar-refractivity contribution in [3.05, 3.63) is 45.4 Å². The van der Waals surface area contributed by atoms with Crippen LogP contribution < -0.4 is 10.2 Å². The van der Waals surface area contributed by atoms with Crippen LogP contribution in [0.5, 0.6) is 0 Å². The number of benzene rings is 1. The van der Waals surface area contributed by atoms with Gasteiger partial charge in [-0.1, -0.05) is 18.2 Å². The highest BCUT2D eigenvalue weighted by molar-refractivity contribution is 7.11. The van der Waals surface area contributed by atoms with Gasteiger partial charge in [-0.3, -0.25) is 4.99 Å². The molecule has 1 aromatic heterocycles. The summed E-state index contributed by atoms with van der Waals surface area (Å²) in [5, 5.41) is 4.59. The van der Waals surface area contributed by atoms with Gasteiger partial charge in [-0.05, 0) is 31.9 Å². The molecule has 1 aliphatic rings. The molecule has 3 rings (SSSR count). The summed E-state index contributed by atoms with van der Waals surface area (Å²) in [5.74, 6) is 0.936. The summed E-state index contributed by atoms with van der Waals surface area (Å²) in [6.45, 7) is 5.88. The lowest BCUT2D eigenvalue weighted by molar-refractivity contribution is 0.870. The number of fused-ring (bicyclic) bond motifs is 1. The number of thiazole rings is 1. The molecule has 2 heterocycles. The highest BCUT2D eigenvalue weighted by Crippen LogP contribution is 2.27. The van der Waals surface area contributed by atoms with Crippen LogP contribution in [0, 0.1) is 13.8 Å². The third-order valence-electron chi connectivity index (χ3n) is 3.76. The lowest BCUT2D eigenvalue weighted by atomic mass is 10.2. The molecule has 0 radical (unpaired) electrons. The second kappa shape index (κ2) is 5.85. The molecule has 0 aliphatic carbocycles. The van der Waals surface area contributed by atoms with Crippen LogP contribution in [0.2, 0.25) is 0 Å². The van der Waals surface area contributed by atoms with Crippen LogP contribution in [0.3, 0.4) is 0 Å². The lowest BCUT2D eigenvalue weighted by Gasteiger charge is -2.22. The Morgan fingerprint density at radius 3 is 2.90 bits per heavy atom. The lowest BCUT2D eigenvalue weighted by Crippen LogP contribution is -2.40. The molecule has 0 fully saturated rings. The molecule has 110 valence electrons. The minimum Gasteiger partial charge on any atom is -0.351 e. The maximum Gasteiger partial charge on any atom is 0.198 e. The van der Waals surface area contributed by atoms with E-state index < -0.39 is 0 Å². The van der Waals surface area contributed by atoms with Gasteiger partial charge in [-0.25, -0.2) is 4.98 Å². The first-order valence-electron chi connectivity index (χ1n) is 7.18. The van der Waals surface area contributed by atoms with Gasteiger partial charge in [-0.2, -0.15) is 0 Å². The van der Waals surface area contributed by atoms with Gasteiger partial charge in [0.1, 0.15) is 0 Å². The second-order valence-corrected chi connectivity index (χ2v) is 6.46. The zero-order valence-electron chi connectivity index (χ0n) is 12.7. The molecule has 21 heavy (non-hydrogen) atoms. The van der Waals surface area contributed by atoms with E-state index >= 15 is 0 Å². The number of rotatable bonds is 2. The first-order valence-corrected chi connectivity index (χ1v) is 7.99. The predicted molar refractivity (Wildman–Crippen MR) is 89.3 cm³/mol. The molecular weight excluding hydrogens is 280 g/mol.